The Balaban J connectivity index is 2.99. The summed E-state index contributed by atoms with van der Waals surface area (Å²) in [7, 11) is 6.04. The molecule has 1 rings (SSSR count). The lowest BCUT2D eigenvalue weighted by Gasteiger charge is -2.21. The average molecular weight is 421 g/mol. The van der Waals surface area contributed by atoms with Crippen LogP contribution in [0.2, 0.25) is 0 Å². The first-order valence-corrected chi connectivity index (χ1v) is 7.68. The van der Waals surface area contributed by atoms with Crippen LogP contribution in [0.3, 0.4) is 0 Å². The Labute approximate surface area is 143 Å². The van der Waals surface area contributed by atoms with E-state index in [0.717, 1.165) is 3.57 Å². The van der Waals surface area contributed by atoms with Crippen LogP contribution in [-0.4, -0.2) is 51.7 Å². The zero-order valence-electron chi connectivity index (χ0n) is 13.3. The van der Waals surface area contributed by atoms with E-state index >= 15 is 0 Å². The summed E-state index contributed by atoms with van der Waals surface area (Å²) in [6.07, 6.45) is 0. The van der Waals surface area contributed by atoms with Gasteiger partial charge >= 0.3 is 5.97 Å². The summed E-state index contributed by atoms with van der Waals surface area (Å²) in [6, 6.07) is 3.38. The van der Waals surface area contributed by atoms with E-state index in [9.17, 15) is 9.59 Å². The molecule has 1 amide bonds. The molecule has 0 aliphatic rings. The Morgan fingerprint density at radius 3 is 2.23 bits per heavy atom. The van der Waals surface area contributed by atoms with Crippen LogP contribution in [0.15, 0.2) is 12.1 Å². The van der Waals surface area contributed by atoms with E-state index in [4.69, 9.17) is 9.47 Å². The zero-order chi connectivity index (χ0) is 16.9. The first-order valence-electron chi connectivity index (χ1n) is 6.60. The van der Waals surface area contributed by atoms with Gasteiger partial charge in [-0.3, -0.25) is 9.59 Å². The molecule has 0 saturated carbocycles. The maximum atomic E-state index is 12.6. The summed E-state index contributed by atoms with van der Waals surface area (Å²) in [4.78, 5) is 25.5. The summed E-state index contributed by atoms with van der Waals surface area (Å²) in [6.45, 7) is 1.99. The Kier molecular flexibility index (Phi) is 6.92. The summed E-state index contributed by atoms with van der Waals surface area (Å²) >= 11 is 2.07. The Bertz CT molecular complexity index is 561. The molecular formula is C15H20INO5. The summed E-state index contributed by atoms with van der Waals surface area (Å²) in [5, 5.41) is 0. The first-order chi connectivity index (χ1) is 10.3. The fourth-order valence-electron chi connectivity index (χ4n) is 1.99. The van der Waals surface area contributed by atoms with Gasteiger partial charge in [0.05, 0.1) is 32.8 Å². The number of amides is 1. The van der Waals surface area contributed by atoms with Gasteiger partial charge in [-0.1, -0.05) is 6.92 Å². The number of rotatable bonds is 6. The molecule has 0 bridgehead atoms. The maximum Gasteiger partial charge on any atom is 0.310 e. The third-order valence-corrected chi connectivity index (χ3v) is 4.09. The van der Waals surface area contributed by atoms with Gasteiger partial charge in [-0.05, 0) is 34.7 Å². The molecule has 0 N–H and O–H groups in total. The van der Waals surface area contributed by atoms with Gasteiger partial charge in [-0.25, -0.2) is 0 Å². The van der Waals surface area contributed by atoms with E-state index in [0.29, 0.717) is 17.1 Å². The lowest BCUT2D eigenvalue weighted by Crippen LogP contribution is -2.34. The molecule has 0 aromatic heterocycles. The minimum atomic E-state index is -0.392. The van der Waals surface area contributed by atoms with Gasteiger partial charge < -0.3 is 19.1 Å². The second-order valence-electron chi connectivity index (χ2n) is 4.80. The van der Waals surface area contributed by atoms with Crippen LogP contribution in [0, 0.1) is 9.49 Å². The number of benzene rings is 1. The highest BCUT2D eigenvalue weighted by Gasteiger charge is 2.22. The van der Waals surface area contributed by atoms with Gasteiger partial charge in [0.2, 0.25) is 0 Å². The number of methoxy groups -OCH3 is 3. The smallest absolute Gasteiger partial charge is 0.310 e. The zero-order valence-corrected chi connectivity index (χ0v) is 15.5. The highest BCUT2D eigenvalue weighted by molar-refractivity contribution is 14.1. The molecule has 0 aliphatic heterocycles. The van der Waals surface area contributed by atoms with Gasteiger partial charge in [-0.15, -0.1) is 0 Å². The fourth-order valence-corrected chi connectivity index (χ4v) is 2.66. The predicted molar refractivity (Wildman–Crippen MR) is 90.4 cm³/mol. The van der Waals surface area contributed by atoms with Crippen LogP contribution in [0.5, 0.6) is 11.5 Å². The van der Waals surface area contributed by atoms with Gasteiger partial charge in [0.15, 0.2) is 11.5 Å². The highest BCUT2D eigenvalue weighted by Crippen LogP contribution is 2.31. The van der Waals surface area contributed by atoms with Crippen molar-refractivity contribution in [2.24, 2.45) is 5.92 Å². The Hall–Kier alpha value is -1.51. The first kappa shape index (κ1) is 18.5. The van der Waals surface area contributed by atoms with Crippen molar-refractivity contribution >= 4 is 34.5 Å². The molecule has 0 radical (unpaired) electrons. The quantitative estimate of drug-likeness (QED) is 0.521. The third kappa shape index (κ3) is 4.25. The van der Waals surface area contributed by atoms with Gasteiger partial charge in [0.25, 0.3) is 5.91 Å². The number of esters is 1. The minimum absolute atomic E-state index is 0.193. The molecule has 122 valence electrons. The van der Waals surface area contributed by atoms with Crippen LogP contribution in [0.4, 0.5) is 0 Å². The van der Waals surface area contributed by atoms with Crippen molar-refractivity contribution in [3.63, 3.8) is 0 Å². The van der Waals surface area contributed by atoms with Crippen LogP contribution >= 0.6 is 22.6 Å². The molecular weight excluding hydrogens is 401 g/mol. The minimum Gasteiger partial charge on any atom is -0.493 e. The second kappa shape index (κ2) is 8.21. The number of hydrogen-bond acceptors (Lipinski definition) is 5. The number of hydrogen-bond donors (Lipinski definition) is 0. The Morgan fingerprint density at radius 2 is 1.73 bits per heavy atom. The summed E-state index contributed by atoms with van der Waals surface area (Å²) < 4.78 is 15.9. The topological polar surface area (TPSA) is 65.1 Å². The van der Waals surface area contributed by atoms with Gasteiger partial charge in [-0.2, -0.15) is 0 Å². The predicted octanol–water partition coefficient (Wildman–Crippen LogP) is 2.19. The van der Waals surface area contributed by atoms with Crippen molar-refractivity contribution in [3.05, 3.63) is 21.3 Å². The number of carbonyl (C=O) groups is 2. The molecule has 1 unspecified atom stereocenters. The van der Waals surface area contributed by atoms with Crippen LogP contribution in [0.1, 0.15) is 17.3 Å². The lowest BCUT2D eigenvalue weighted by atomic mass is 10.1. The molecule has 0 saturated heterocycles. The number of carbonyl (C=O) groups excluding carboxylic acids is 2. The monoisotopic (exact) mass is 421 g/mol. The fraction of sp³-hybridized carbons (Fsp3) is 0.467. The summed E-state index contributed by atoms with van der Waals surface area (Å²) in [5.74, 6) is 0.120. The van der Waals surface area contributed by atoms with Crippen molar-refractivity contribution in [2.75, 3.05) is 34.9 Å². The van der Waals surface area contributed by atoms with Gasteiger partial charge in [0.1, 0.15) is 0 Å². The molecule has 0 spiro atoms. The van der Waals surface area contributed by atoms with Crippen molar-refractivity contribution < 1.29 is 23.8 Å². The molecule has 1 aromatic carbocycles. The number of halogens is 1. The highest BCUT2D eigenvalue weighted by atomic mass is 127. The van der Waals surface area contributed by atoms with Crippen molar-refractivity contribution in [1.82, 2.24) is 4.90 Å². The van der Waals surface area contributed by atoms with E-state index in [1.807, 2.05) is 0 Å². The molecule has 1 aromatic rings. The molecule has 7 heteroatoms. The molecule has 0 heterocycles. The van der Waals surface area contributed by atoms with E-state index in [1.54, 1.807) is 33.2 Å². The van der Waals surface area contributed by atoms with E-state index in [-0.39, 0.29) is 18.4 Å². The standard InChI is InChI=1S/C15H20INO5/c1-9(15(19)22-5)8-17(2)14(18)10-6-12(20-3)13(21-4)7-11(10)16/h6-7,9H,8H2,1-5H3. The van der Waals surface area contributed by atoms with Gasteiger partial charge in [0, 0.05) is 17.2 Å². The van der Waals surface area contributed by atoms with E-state index < -0.39 is 5.92 Å². The molecule has 6 nitrogen and oxygen atoms in total. The van der Waals surface area contributed by atoms with E-state index in [2.05, 4.69) is 27.3 Å². The molecule has 0 aliphatic carbocycles. The normalized spacial score (nSPS) is 11.5. The number of nitrogens with zero attached hydrogens (tertiary/aromatic N) is 1. The number of ether oxygens (including phenoxy) is 3. The van der Waals surface area contributed by atoms with Crippen LogP contribution < -0.4 is 9.47 Å². The SMILES string of the molecule is COC(=O)C(C)CN(C)C(=O)c1cc(OC)c(OC)cc1I. The van der Waals surface area contributed by atoms with E-state index in [1.165, 1.54) is 19.1 Å². The van der Waals surface area contributed by atoms with Crippen LogP contribution in [0.25, 0.3) is 0 Å². The van der Waals surface area contributed by atoms with Crippen molar-refractivity contribution in [3.8, 4) is 11.5 Å². The van der Waals surface area contributed by atoms with Crippen molar-refractivity contribution in [2.45, 2.75) is 6.92 Å². The largest absolute Gasteiger partial charge is 0.493 e. The molecule has 0 fully saturated rings. The lowest BCUT2D eigenvalue weighted by molar-refractivity contribution is -0.145. The van der Waals surface area contributed by atoms with Crippen molar-refractivity contribution in [1.29, 1.82) is 0 Å². The maximum absolute atomic E-state index is 12.6. The third-order valence-electron chi connectivity index (χ3n) is 3.20. The summed E-state index contributed by atoms with van der Waals surface area (Å²) in [5.41, 5.74) is 0.498. The second-order valence-corrected chi connectivity index (χ2v) is 5.96. The molecule has 22 heavy (non-hydrogen) atoms. The average Bonchev–Trinajstić information content (AvgIpc) is 2.52. The van der Waals surface area contributed by atoms with Crippen LogP contribution in [-0.2, 0) is 9.53 Å². The molecule has 1 atom stereocenters. The Morgan fingerprint density at radius 1 is 1.18 bits per heavy atom.